The molecule has 0 unspecified atom stereocenters. The van der Waals surface area contributed by atoms with E-state index in [0.717, 1.165) is 44.0 Å². The molecule has 22 heavy (non-hydrogen) atoms. The molecule has 0 radical (unpaired) electrons. The smallest absolute Gasteiger partial charge is 0.193 e. The minimum absolute atomic E-state index is 0.177. The normalized spacial score (nSPS) is 12.0. The van der Waals surface area contributed by atoms with Gasteiger partial charge in [0.05, 0.1) is 6.10 Å². The maximum atomic E-state index is 5.90. The molecule has 1 aromatic carbocycles. The van der Waals surface area contributed by atoms with E-state index in [0.29, 0.717) is 5.96 Å². The highest BCUT2D eigenvalue weighted by Gasteiger charge is 2.00. The summed E-state index contributed by atoms with van der Waals surface area (Å²) in [4.78, 5) is 6.74. The first-order chi connectivity index (χ1) is 10.5. The van der Waals surface area contributed by atoms with Gasteiger partial charge in [-0.2, -0.15) is 0 Å². The van der Waals surface area contributed by atoms with Crippen LogP contribution in [0, 0.1) is 0 Å². The van der Waals surface area contributed by atoms with Gasteiger partial charge in [-0.15, -0.1) is 0 Å². The van der Waals surface area contributed by atoms with Gasteiger partial charge in [0.1, 0.15) is 5.75 Å². The molecule has 0 amide bonds. The number of nitrogens with zero attached hydrogens (tertiary/aromatic N) is 2. The van der Waals surface area contributed by atoms with E-state index in [1.165, 1.54) is 0 Å². The predicted molar refractivity (Wildman–Crippen MR) is 94.7 cm³/mol. The van der Waals surface area contributed by atoms with E-state index < -0.39 is 0 Å². The molecule has 0 heterocycles. The van der Waals surface area contributed by atoms with Gasteiger partial charge in [0.15, 0.2) is 5.96 Å². The Kier molecular flexibility index (Phi) is 8.36. The fourth-order valence-corrected chi connectivity index (χ4v) is 2.11. The van der Waals surface area contributed by atoms with Crippen LogP contribution in [0.1, 0.15) is 34.1 Å². The summed E-state index contributed by atoms with van der Waals surface area (Å²) in [6.07, 6.45) is 1.20. The fraction of sp³-hybridized carbons (Fsp3) is 0.588. The maximum absolute atomic E-state index is 5.90. The van der Waals surface area contributed by atoms with Crippen molar-refractivity contribution in [1.82, 2.24) is 4.90 Å². The molecule has 0 fully saturated rings. The van der Waals surface area contributed by atoms with E-state index in [9.17, 15) is 0 Å². The van der Waals surface area contributed by atoms with E-state index in [2.05, 4.69) is 29.1 Å². The highest BCUT2D eigenvalue weighted by molar-refractivity contribution is 5.92. The third kappa shape index (κ3) is 7.31. The Hall–Kier alpha value is -1.75. The zero-order chi connectivity index (χ0) is 16.4. The largest absolute Gasteiger partial charge is 0.491 e. The van der Waals surface area contributed by atoms with Gasteiger partial charge in [0.2, 0.25) is 0 Å². The number of ether oxygens (including phenoxy) is 1. The number of benzene rings is 1. The van der Waals surface area contributed by atoms with E-state index in [4.69, 9.17) is 10.5 Å². The van der Waals surface area contributed by atoms with Gasteiger partial charge in [0, 0.05) is 12.2 Å². The van der Waals surface area contributed by atoms with Crippen LogP contribution in [-0.4, -0.2) is 43.1 Å². The third-order valence-corrected chi connectivity index (χ3v) is 3.31. The SMILES string of the molecule is CCN(CC)CCCN=C(N)Nc1ccc(OC(C)C)cc1. The van der Waals surface area contributed by atoms with Crippen molar-refractivity contribution in [2.45, 2.75) is 40.2 Å². The topological polar surface area (TPSA) is 62.9 Å². The van der Waals surface area contributed by atoms with Crippen molar-refractivity contribution in [3.8, 4) is 5.75 Å². The van der Waals surface area contributed by atoms with Crippen molar-refractivity contribution in [2.24, 2.45) is 10.7 Å². The standard InChI is InChI=1S/C17H30N4O/c1-5-21(6-2)13-7-12-19-17(18)20-15-8-10-16(11-9-15)22-14(3)4/h8-11,14H,5-7,12-13H2,1-4H3,(H3,18,19,20). The molecule has 0 bridgehead atoms. The average molecular weight is 306 g/mol. The van der Waals surface area contributed by atoms with Gasteiger partial charge in [-0.3, -0.25) is 4.99 Å². The number of nitrogens with one attached hydrogen (secondary N) is 1. The number of guanidine groups is 1. The molecule has 0 aliphatic carbocycles. The average Bonchev–Trinajstić information content (AvgIpc) is 2.49. The summed E-state index contributed by atoms with van der Waals surface area (Å²) in [5.74, 6) is 1.31. The highest BCUT2D eigenvalue weighted by atomic mass is 16.5. The summed E-state index contributed by atoms with van der Waals surface area (Å²) in [7, 11) is 0. The van der Waals surface area contributed by atoms with E-state index in [1.54, 1.807) is 0 Å². The molecule has 0 atom stereocenters. The van der Waals surface area contributed by atoms with Gasteiger partial charge in [-0.25, -0.2) is 0 Å². The van der Waals surface area contributed by atoms with Crippen LogP contribution in [0.15, 0.2) is 29.3 Å². The molecule has 1 aromatic rings. The third-order valence-electron chi connectivity index (χ3n) is 3.31. The summed E-state index contributed by atoms with van der Waals surface area (Å²) < 4.78 is 5.60. The lowest BCUT2D eigenvalue weighted by Crippen LogP contribution is -2.26. The Balaban J connectivity index is 2.37. The first-order valence-corrected chi connectivity index (χ1v) is 8.11. The molecule has 0 saturated carbocycles. The van der Waals surface area contributed by atoms with Crippen LogP contribution >= 0.6 is 0 Å². The molecule has 3 N–H and O–H groups in total. The van der Waals surface area contributed by atoms with E-state index in [1.807, 2.05) is 38.1 Å². The number of rotatable bonds is 9. The van der Waals surface area contributed by atoms with Crippen LogP contribution in [0.3, 0.4) is 0 Å². The van der Waals surface area contributed by atoms with Crippen molar-refractivity contribution in [1.29, 1.82) is 0 Å². The zero-order valence-electron chi connectivity index (χ0n) is 14.3. The number of nitrogens with two attached hydrogens (primary N) is 1. The van der Waals surface area contributed by atoms with Gasteiger partial charge >= 0.3 is 0 Å². The van der Waals surface area contributed by atoms with Gasteiger partial charge < -0.3 is 20.7 Å². The molecule has 0 aliphatic rings. The first-order valence-electron chi connectivity index (χ1n) is 8.11. The van der Waals surface area contributed by atoms with Crippen LogP contribution in [0.25, 0.3) is 0 Å². The predicted octanol–water partition coefficient (Wildman–Crippen LogP) is 2.93. The highest BCUT2D eigenvalue weighted by Crippen LogP contribution is 2.16. The molecular formula is C17H30N4O. The van der Waals surface area contributed by atoms with Crippen LogP contribution < -0.4 is 15.8 Å². The second kappa shape index (κ2) is 10.1. The number of aliphatic imine (C=N–C) groups is 1. The van der Waals surface area contributed by atoms with Crippen molar-refractivity contribution in [2.75, 3.05) is 31.5 Å². The monoisotopic (exact) mass is 306 g/mol. The summed E-state index contributed by atoms with van der Waals surface area (Å²) in [6, 6.07) is 7.73. The lowest BCUT2D eigenvalue weighted by Gasteiger charge is -2.16. The molecular weight excluding hydrogens is 276 g/mol. The molecule has 0 aromatic heterocycles. The first kappa shape index (κ1) is 18.3. The maximum Gasteiger partial charge on any atom is 0.193 e. The molecule has 124 valence electrons. The van der Waals surface area contributed by atoms with E-state index >= 15 is 0 Å². The minimum atomic E-state index is 0.177. The summed E-state index contributed by atoms with van der Waals surface area (Å²) >= 11 is 0. The Labute approximate surface area is 134 Å². The zero-order valence-corrected chi connectivity index (χ0v) is 14.3. The van der Waals surface area contributed by atoms with Crippen molar-refractivity contribution < 1.29 is 4.74 Å². The van der Waals surface area contributed by atoms with Crippen LogP contribution in [0.2, 0.25) is 0 Å². The molecule has 5 heteroatoms. The van der Waals surface area contributed by atoms with Crippen LogP contribution in [-0.2, 0) is 0 Å². The fourth-order valence-electron chi connectivity index (χ4n) is 2.11. The van der Waals surface area contributed by atoms with Gasteiger partial charge in [-0.05, 0) is 64.2 Å². The van der Waals surface area contributed by atoms with Crippen molar-refractivity contribution in [3.05, 3.63) is 24.3 Å². The second-order valence-electron chi connectivity index (χ2n) is 5.46. The summed E-state index contributed by atoms with van der Waals surface area (Å²) in [5, 5.41) is 3.10. The molecule has 0 aliphatic heterocycles. The molecule has 0 spiro atoms. The second-order valence-corrected chi connectivity index (χ2v) is 5.46. The lowest BCUT2D eigenvalue weighted by molar-refractivity contribution is 0.242. The number of hydrogen-bond acceptors (Lipinski definition) is 3. The number of hydrogen-bond donors (Lipinski definition) is 2. The van der Waals surface area contributed by atoms with Crippen LogP contribution in [0.4, 0.5) is 5.69 Å². The molecule has 0 saturated heterocycles. The Bertz CT molecular complexity index is 438. The van der Waals surface area contributed by atoms with Crippen molar-refractivity contribution >= 4 is 11.6 Å². The quantitative estimate of drug-likeness (QED) is 0.418. The van der Waals surface area contributed by atoms with Gasteiger partial charge in [0.25, 0.3) is 0 Å². The van der Waals surface area contributed by atoms with E-state index in [-0.39, 0.29) is 6.10 Å². The molecule has 5 nitrogen and oxygen atoms in total. The lowest BCUT2D eigenvalue weighted by atomic mass is 10.3. The Morgan fingerprint density at radius 2 is 1.86 bits per heavy atom. The van der Waals surface area contributed by atoms with Crippen molar-refractivity contribution in [3.63, 3.8) is 0 Å². The summed E-state index contributed by atoms with van der Waals surface area (Å²) in [5.41, 5.74) is 6.82. The Morgan fingerprint density at radius 3 is 2.41 bits per heavy atom. The molecule has 1 rings (SSSR count). The van der Waals surface area contributed by atoms with Crippen LogP contribution in [0.5, 0.6) is 5.75 Å². The Morgan fingerprint density at radius 1 is 1.23 bits per heavy atom. The summed E-state index contributed by atoms with van der Waals surface area (Å²) in [6.45, 7) is 12.3. The number of anilines is 1. The minimum Gasteiger partial charge on any atom is -0.491 e. The van der Waals surface area contributed by atoms with Gasteiger partial charge in [-0.1, -0.05) is 13.8 Å².